The number of allylic oxidation sites excluding steroid dienone is 1. The second kappa shape index (κ2) is 11.3. The zero-order chi connectivity index (χ0) is 25.2. The van der Waals surface area contributed by atoms with Gasteiger partial charge in [-0.25, -0.2) is 0 Å². The van der Waals surface area contributed by atoms with E-state index in [1.165, 1.54) is 57.8 Å². The van der Waals surface area contributed by atoms with E-state index >= 15 is 0 Å². The Balaban J connectivity index is 1.39. The first kappa shape index (κ1) is 27.3. The fourth-order valence-electron chi connectivity index (χ4n) is 9.52. The van der Waals surface area contributed by atoms with Crippen molar-refractivity contribution in [1.29, 1.82) is 0 Å². The second-order valence-corrected chi connectivity index (χ2v) is 14.1. The third kappa shape index (κ3) is 5.57. The molecule has 0 aliphatic heterocycles. The van der Waals surface area contributed by atoms with Crippen molar-refractivity contribution in [1.82, 2.24) is 0 Å². The molecule has 0 radical (unpaired) electrons. The summed E-state index contributed by atoms with van der Waals surface area (Å²) in [5.41, 5.74) is 2.54. The van der Waals surface area contributed by atoms with Crippen LogP contribution in [-0.4, -0.2) is 12.1 Å². The first-order valence-corrected chi connectivity index (χ1v) is 15.6. The fourth-order valence-corrected chi connectivity index (χ4v) is 9.52. The normalized spacial score (nSPS) is 39.4. The highest BCUT2D eigenvalue weighted by Gasteiger charge is 2.59. The molecule has 0 aromatic rings. The third-order valence-electron chi connectivity index (χ3n) is 11.5. The van der Waals surface area contributed by atoms with Gasteiger partial charge in [-0.05, 0) is 97.7 Å². The molecule has 200 valence electrons. The van der Waals surface area contributed by atoms with Crippen LogP contribution in [0.5, 0.6) is 0 Å². The van der Waals surface area contributed by atoms with Gasteiger partial charge in [-0.1, -0.05) is 85.3 Å². The van der Waals surface area contributed by atoms with Crippen molar-refractivity contribution in [2.24, 2.45) is 46.3 Å². The molecule has 0 aromatic heterocycles. The summed E-state index contributed by atoms with van der Waals surface area (Å²) in [5, 5.41) is 0. The summed E-state index contributed by atoms with van der Waals surface area (Å²) >= 11 is 0. The van der Waals surface area contributed by atoms with Crippen LogP contribution in [0.3, 0.4) is 0 Å². The lowest BCUT2D eigenvalue weighted by molar-refractivity contribution is -0.151. The van der Waals surface area contributed by atoms with E-state index in [1.54, 1.807) is 5.57 Å². The molecule has 4 aliphatic rings. The van der Waals surface area contributed by atoms with E-state index in [1.807, 2.05) is 0 Å². The molecule has 0 aromatic carbocycles. The lowest BCUT2D eigenvalue weighted by Crippen LogP contribution is -2.51. The summed E-state index contributed by atoms with van der Waals surface area (Å²) < 4.78 is 5.96. The van der Waals surface area contributed by atoms with E-state index in [0.29, 0.717) is 17.3 Å². The van der Waals surface area contributed by atoms with Crippen molar-refractivity contribution in [3.05, 3.63) is 11.6 Å². The van der Waals surface area contributed by atoms with Gasteiger partial charge < -0.3 is 4.74 Å². The average molecular weight is 485 g/mol. The number of carbonyl (C=O) groups excluding carboxylic acids is 1. The molecule has 3 fully saturated rings. The van der Waals surface area contributed by atoms with E-state index in [2.05, 4.69) is 47.6 Å². The molecule has 4 aliphatic carbocycles. The maximum absolute atomic E-state index is 12.4. The molecular weight excluding hydrogens is 428 g/mol. The molecule has 0 heterocycles. The lowest BCUT2D eigenvalue weighted by Gasteiger charge is -2.58. The van der Waals surface area contributed by atoms with Gasteiger partial charge in [0.25, 0.3) is 0 Å². The van der Waals surface area contributed by atoms with E-state index in [9.17, 15) is 4.79 Å². The summed E-state index contributed by atoms with van der Waals surface area (Å²) in [6, 6.07) is 0. The summed E-state index contributed by atoms with van der Waals surface area (Å²) in [5.74, 6) is 5.33. The summed E-state index contributed by atoms with van der Waals surface area (Å²) in [6.45, 7) is 14.8. The number of carbonyl (C=O) groups is 1. The van der Waals surface area contributed by atoms with Crippen LogP contribution in [0.4, 0.5) is 0 Å². The molecule has 0 N–H and O–H groups in total. The highest BCUT2D eigenvalue weighted by atomic mass is 16.5. The first-order valence-electron chi connectivity index (χ1n) is 15.6. The van der Waals surface area contributed by atoms with Gasteiger partial charge in [0, 0.05) is 12.8 Å². The van der Waals surface area contributed by atoms with Crippen LogP contribution in [0.1, 0.15) is 138 Å². The average Bonchev–Trinajstić information content (AvgIpc) is 3.16. The number of ether oxygens (including phenoxy) is 1. The smallest absolute Gasteiger partial charge is 0.306 e. The van der Waals surface area contributed by atoms with E-state index in [4.69, 9.17) is 4.74 Å². The monoisotopic (exact) mass is 484 g/mol. The van der Waals surface area contributed by atoms with Crippen LogP contribution in [0.25, 0.3) is 0 Å². The minimum Gasteiger partial charge on any atom is -0.462 e. The van der Waals surface area contributed by atoms with Gasteiger partial charge in [0.2, 0.25) is 0 Å². The van der Waals surface area contributed by atoms with Crippen molar-refractivity contribution >= 4 is 5.97 Å². The van der Waals surface area contributed by atoms with Gasteiger partial charge in [0.15, 0.2) is 0 Å². The molecule has 0 amide bonds. The van der Waals surface area contributed by atoms with E-state index in [0.717, 1.165) is 67.6 Å². The Morgan fingerprint density at radius 2 is 1.80 bits per heavy atom. The summed E-state index contributed by atoms with van der Waals surface area (Å²) in [4.78, 5) is 12.4. The van der Waals surface area contributed by atoms with Gasteiger partial charge in [0.05, 0.1) is 0 Å². The Labute approximate surface area is 217 Å². The predicted octanol–water partition coefficient (Wildman–Crippen LogP) is 9.52. The van der Waals surface area contributed by atoms with Gasteiger partial charge in [0.1, 0.15) is 6.10 Å². The number of rotatable bonds is 10. The van der Waals surface area contributed by atoms with Gasteiger partial charge in [-0.15, -0.1) is 0 Å². The Hall–Kier alpha value is -0.790. The number of hydrogen-bond donors (Lipinski definition) is 0. The first-order chi connectivity index (χ1) is 16.7. The number of esters is 1. The molecule has 8 atom stereocenters. The SMILES string of the molecule is CCCCCC(=O)O[C@H]1CC[C@@]2(C)C(=CC[C@@H]3[C@H]4CC[C@@H]([C@H](C)CCCC(C)C)[C@]4(C)CC[C@H]32)C1. The van der Waals surface area contributed by atoms with Gasteiger partial charge >= 0.3 is 5.97 Å². The summed E-state index contributed by atoms with van der Waals surface area (Å²) in [6.07, 6.45) is 21.2. The van der Waals surface area contributed by atoms with Crippen LogP contribution < -0.4 is 0 Å². The van der Waals surface area contributed by atoms with Crippen molar-refractivity contribution in [3.63, 3.8) is 0 Å². The minimum absolute atomic E-state index is 0.0364. The Kier molecular flexibility index (Phi) is 8.80. The van der Waals surface area contributed by atoms with Crippen LogP contribution in [0.2, 0.25) is 0 Å². The van der Waals surface area contributed by atoms with Crippen molar-refractivity contribution in [2.45, 2.75) is 144 Å². The number of hydrogen-bond acceptors (Lipinski definition) is 2. The summed E-state index contributed by atoms with van der Waals surface area (Å²) in [7, 11) is 0. The predicted molar refractivity (Wildman–Crippen MR) is 147 cm³/mol. The molecule has 0 saturated heterocycles. The molecule has 3 saturated carbocycles. The molecular formula is C33H56O2. The standard InChI is InChI=1S/C33H56O2/c1-7-8-9-13-31(34)35-26-18-20-32(5)25(22-26)14-15-27-29-17-16-28(24(4)12-10-11-23(2)3)33(29,6)21-19-30(27)32/h14,23-24,26-30H,7-13,15-22H2,1-6H3/t24-,26+,27-,28+,29-,30-,32+,33+/m1/s1. The highest BCUT2D eigenvalue weighted by Crippen LogP contribution is 2.67. The van der Waals surface area contributed by atoms with Gasteiger partial charge in [-0.3, -0.25) is 4.79 Å². The molecule has 35 heavy (non-hydrogen) atoms. The van der Waals surface area contributed by atoms with Crippen molar-refractivity contribution in [3.8, 4) is 0 Å². The fraction of sp³-hybridized carbons (Fsp3) is 0.909. The van der Waals surface area contributed by atoms with Crippen molar-refractivity contribution in [2.75, 3.05) is 0 Å². The molecule has 0 unspecified atom stereocenters. The number of fused-ring (bicyclic) bond motifs is 5. The lowest BCUT2D eigenvalue weighted by atomic mass is 9.47. The Bertz CT molecular complexity index is 752. The zero-order valence-electron chi connectivity index (χ0n) is 24.0. The molecule has 4 rings (SSSR count). The maximum Gasteiger partial charge on any atom is 0.306 e. The van der Waals surface area contributed by atoms with Crippen LogP contribution >= 0.6 is 0 Å². The zero-order valence-corrected chi connectivity index (χ0v) is 24.0. The molecule has 0 bridgehead atoms. The quantitative estimate of drug-likeness (QED) is 0.175. The minimum atomic E-state index is 0.0364. The Morgan fingerprint density at radius 1 is 1.00 bits per heavy atom. The molecule has 2 nitrogen and oxygen atoms in total. The van der Waals surface area contributed by atoms with Crippen LogP contribution in [-0.2, 0) is 9.53 Å². The topological polar surface area (TPSA) is 26.3 Å². The largest absolute Gasteiger partial charge is 0.462 e. The van der Waals surface area contributed by atoms with E-state index < -0.39 is 0 Å². The van der Waals surface area contributed by atoms with Gasteiger partial charge in [-0.2, -0.15) is 0 Å². The van der Waals surface area contributed by atoms with E-state index in [-0.39, 0.29) is 12.1 Å². The van der Waals surface area contributed by atoms with Crippen LogP contribution in [0, 0.1) is 46.3 Å². The highest BCUT2D eigenvalue weighted by molar-refractivity contribution is 5.69. The second-order valence-electron chi connectivity index (χ2n) is 14.1. The third-order valence-corrected chi connectivity index (χ3v) is 11.5. The Morgan fingerprint density at radius 3 is 2.54 bits per heavy atom. The van der Waals surface area contributed by atoms with Crippen LogP contribution in [0.15, 0.2) is 11.6 Å². The van der Waals surface area contributed by atoms with Crippen molar-refractivity contribution < 1.29 is 9.53 Å². The maximum atomic E-state index is 12.4. The number of unbranched alkanes of at least 4 members (excludes halogenated alkanes) is 2. The molecule has 0 spiro atoms. The molecule has 2 heteroatoms.